The highest BCUT2D eigenvalue weighted by atomic mass is 16.3. The number of phenols is 1. The number of rotatable bonds is 0. The largest absolute Gasteiger partial charge is 0.508 e. The second-order valence-corrected chi connectivity index (χ2v) is 2.86. The van der Waals surface area contributed by atoms with Gasteiger partial charge in [0, 0.05) is 12.1 Å². The van der Waals surface area contributed by atoms with Gasteiger partial charge in [0.2, 0.25) is 0 Å². The molecular weight excluding hydrogens is 152 g/mol. The summed E-state index contributed by atoms with van der Waals surface area (Å²) >= 11 is 0. The number of aromatic hydroxyl groups is 1. The maximum atomic E-state index is 9.19. The smallest absolute Gasteiger partial charge is 0.125 e. The predicted molar refractivity (Wildman–Crippen MR) is 47.4 cm³/mol. The molecule has 0 radical (unpaired) electrons. The second kappa shape index (κ2) is 2.52. The van der Waals surface area contributed by atoms with Gasteiger partial charge in [0.05, 0.1) is 0 Å². The summed E-state index contributed by atoms with van der Waals surface area (Å²) in [4.78, 5) is 4.11. The van der Waals surface area contributed by atoms with Crippen molar-refractivity contribution < 1.29 is 5.11 Å². The molecule has 0 unspecified atom stereocenters. The van der Waals surface area contributed by atoms with Gasteiger partial charge >= 0.3 is 0 Å². The SMILES string of the molecule is NC1=NCCc2cc(O)ccc21. The van der Waals surface area contributed by atoms with Crippen molar-refractivity contribution in [2.24, 2.45) is 10.7 Å². The molecule has 0 fully saturated rings. The molecule has 3 nitrogen and oxygen atoms in total. The minimum absolute atomic E-state index is 0.295. The van der Waals surface area contributed by atoms with Crippen LogP contribution in [0.2, 0.25) is 0 Å². The lowest BCUT2D eigenvalue weighted by atomic mass is 10.0. The molecule has 1 aromatic rings. The first-order valence-corrected chi connectivity index (χ1v) is 3.89. The first kappa shape index (κ1) is 7.16. The standard InChI is InChI=1S/C9H10N2O/c10-9-8-2-1-7(12)5-6(8)3-4-11-9/h1-2,5,12H,3-4H2,(H2,10,11). The zero-order valence-electron chi connectivity index (χ0n) is 6.62. The first-order valence-electron chi connectivity index (χ1n) is 3.89. The van der Waals surface area contributed by atoms with Gasteiger partial charge in [0.15, 0.2) is 0 Å². The van der Waals surface area contributed by atoms with Gasteiger partial charge in [0.25, 0.3) is 0 Å². The number of hydrogen-bond donors (Lipinski definition) is 2. The van der Waals surface area contributed by atoms with Crippen LogP contribution in [0.25, 0.3) is 0 Å². The summed E-state index contributed by atoms with van der Waals surface area (Å²) in [6.07, 6.45) is 0.866. The molecule has 0 aliphatic carbocycles. The van der Waals surface area contributed by atoms with Crippen LogP contribution in [0.15, 0.2) is 23.2 Å². The molecule has 3 N–H and O–H groups in total. The Hall–Kier alpha value is -1.51. The minimum atomic E-state index is 0.295. The van der Waals surface area contributed by atoms with E-state index < -0.39 is 0 Å². The fourth-order valence-electron chi connectivity index (χ4n) is 1.42. The van der Waals surface area contributed by atoms with Crippen LogP contribution in [0.5, 0.6) is 5.75 Å². The van der Waals surface area contributed by atoms with Gasteiger partial charge in [-0.1, -0.05) is 0 Å². The fraction of sp³-hybridized carbons (Fsp3) is 0.222. The number of phenolic OH excluding ortho intramolecular Hbond substituents is 1. The summed E-state index contributed by atoms with van der Waals surface area (Å²) in [6, 6.07) is 5.19. The minimum Gasteiger partial charge on any atom is -0.508 e. The molecule has 0 aromatic heterocycles. The molecule has 1 aliphatic rings. The van der Waals surface area contributed by atoms with E-state index in [1.165, 1.54) is 0 Å². The molecule has 0 spiro atoms. The predicted octanol–water partition coefficient (Wildman–Crippen LogP) is 0.654. The van der Waals surface area contributed by atoms with E-state index in [4.69, 9.17) is 5.73 Å². The van der Waals surface area contributed by atoms with E-state index >= 15 is 0 Å². The molecule has 2 rings (SSSR count). The molecule has 3 heteroatoms. The van der Waals surface area contributed by atoms with Crippen LogP contribution in [0, 0.1) is 0 Å². The highest BCUT2D eigenvalue weighted by molar-refractivity contribution is 5.99. The van der Waals surface area contributed by atoms with Crippen LogP contribution in [0.3, 0.4) is 0 Å². The molecule has 0 saturated heterocycles. The van der Waals surface area contributed by atoms with E-state index in [0.29, 0.717) is 11.6 Å². The van der Waals surface area contributed by atoms with E-state index in [-0.39, 0.29) is 0 Å². The van der Waals surface area contributed by atoms with Crippen LogP contribution in [-0.4, -0.2) is 17.5 Å². The van der Waals surface area contributed by atoms with Crippen molar-refractivity contribution in [1.29, 1.82) is 0 Å². The molecule has 62 valence electrons. The van der Waals surface area contributed by atoms with Gasteiger partial charge in [-0.25, -0.2) is 0 Å². The summed E-state index contributed by atoms with van der Waals surface area (Å²) in [5.74, 6) is 0.875. The monoisotopic (exact) mass is 162 g/mol. The van der Waals surface area contributed by atoms with Crippen LogP contribution in [0.4, 0.5) is 0 Å². The molecule has 12 heavy (non-hydrogen) atoms. The maximum Gasteiger partial charge on any atom is 0.125 e. The summed E-state index contributed by atoms with van der Waals surface area (Å²) < 4.78 is 0. The number of aliphatic imine (C=N–C) groups is 1. The fourth-order valence-corrected chi connectivity index (χ4v) is 1.42. The number of fused-ring (bicyclic) bond motifs is 1. The van der Waals surface area contributed by atoms with Gasteiger partial charge in [-0.05, 0) is 30.2 Å². The van der Waals surface area contributed by atoms with Gasteiger partial charge < -0.3 is 10.8 Å². The number of benzene rings is 1. The quantitative estimate of drug-likeness (QED) is 0.588. The molecule has 1 aromatic carbocycles. The third-order valence-corrected chi connectivity index (χ3v) is 2.03. The van der Waals surface area contributed by atoms with Crippen molar-refractivity contribution in [3.8, 4) is 5.75 Å². The van der Waals surface area contributed by atoms with Gasteiger partial charge in [0.1, 0.15) is 11.6 Å². The number of nitrogens with zero attached hydrogens (tertiary/aromatic N) is 1. The Morgan fingerprint density at radius 2 is 2.25 bits per heavy atom. The normalized spacial score (nSPS) is 15.2. The topological polar surface area (TPSA) is 58.6 Å². The lowest BCUT2D eigenvalue weighted by Gasteiger charge is -2.13. The van der Waals surface area contributed by atoms with Gasteiger partial charge in [-0.2, -0.15) is 0 Å². The Kier molecular flexibility index (Phi) is 1.50. The van der Waals surface area contributed by atoms with E-state index in [9.17, 15) is 5.11 Å². The van der Waals surface area contributed by atoms with Crippen molar-refractivity contribution in [1.82, 2.24) is 0 Å². The Bertz CT molecular complexity index is 344. The third kappa shape index (κ3) is 1.03. The van der Waals surface area contributed by atoms with Gasteiger partial charge in [-0.3, -0.25) is 4.99 Å². The zero-order valence-corrected chi connectivity index (χ0v) is 6.62. The Morgan fingerprint density at radius 1 is 1.42 bits per heavy atom. The molecule has 1 aliphatic heterocycles. The van der Waals surface area contributed by atoms with Crippen LogP contribution in [-0.2, 0) is 6.42 Å². The van der Waals surface area contributed by atoms with Crippen molar-refractivity contribution in [2.75, 3.05) is 6.54 Å². The lowest BCUT2D eigenvalue weighted by molar-refractivity contribution is 0.474. The Balaban J connectivity index is 2.56. The molecule has 0 bridgehead atoms. The van der Waals surface area contributed by atoms with E-state index in [1.54, 1.807) is 12.1 Å². The van der Waals surface area contributed by atoms with Gasteiger partial charge in [-0.15, -0.1) is 0 Å². The number of amidine groups is 1. The average molecular weight is 162 g/mol. The van der Waals surface area contributed by atoms with Crippen molar-refractivity contribution in [3.63, 3.8) is 0 Å². The zero-order chi connectivity index (χ0) is 8.55. The van der Waals surface area contributed by atoms with Crippen LogP contribution < -0.4 is 5.73 Å². The highest BCUT2D eigenvalue weighted by Crippen LogP contribution is 2.19. The third-order valence-electron chi connectivity index (χ3n) is 2.03. The van der Waals surface area contributed by atoms with Crippen molar-refractivity contribution >= 4 is 5.84 Å². The van der Waals surface area contributed by atoms with E-state index in [2.05, 4.69) is 4.99 Å². The summed E-state index contributed by atoms with van der Waals surface area (Å²) in [6.45, 7) is 0.724. The number of nitrogens with two attached hydrogens (primary N) is 1. The van der Waals surface area contributed by atoms with E-state index in [0.717, 1.165) is 24.1 Å². The molecule has 1 heterocycles. The lowest BCUT2D eigenvalue weighted by Crippen LogP contribution is -2.20. The number of hydrogen-bond acceptors (Lipinski definition) is 3. The average Bonchev–Trinajstić information content (AvgIpc) is 2.04. The molecular formula is C9H10N2O. The summed E-state index contributed by atoms with van der Waals surface area (Å²) in [5.41, 5.74) is 7.71. The van der Waals surface area contributed by atoms with Crippen molar-refractivity contribution in [2.45, 2.75) is 6.42 Å². The summed E-state index contributed by atoms with van der Waals surface area (Å²) in [5, 5.41) is 9.19. The maximum absolute atomic E-state index is 9.19. The Morgan fingerprint density at radius 3 is 3.08 bits per heavy atom. The second-order valence-electron chi connectivity index (χ2n) is 2.86. The van der Waals surface area contributed by atoms with Crippen molar-refractivity contribution in [3.05, 3.63) is 29.3 Å². The van der Waals surface area contributed by atoms with Crippen LogP contribution in [0.1, 0.15) is 11.1 Å². The van der Waals surface area contributed by atoms with Crippen LogP contribution >= 0.6 is 0 Å². The molecule has 0 saturated carbocycles. The highest BCUT2D eigenvalue weighted by Gasteiger charge is 2.10. The van der Waals surface area contributed by atoms with E-state index in [1.807, 2.05) is 6.07 Å². The first-order chi connectivity index (χ1) is 5.77. The Labute approximate surface area is 70.5 Å². The molecule has 0 amide bonds. The molecule has 0 atom stereocenters. The summed E-state index contributed by atoms with van der Waals surface area (Å²) in [7, 11) is 0.